The van der Waals surface area contributed by atoms with Gasteiger partial charge in [0.25, 0.3) is 0 Å². The van der Waals surface area contributed by atoms with Gasteiger partial charge in [0, 0.05) is 24.1 Å². The van der Waals surface area contributed by atoms with E-state index in [1.807, 2.05) is 0 Å². The largest absolute Gasteiger partial charge is 0.312 e. The lowest BCUT2D eigenvalue weighted by Gasteiger charge is -2.32. The average molecular weight is 215 g/mol. The molecule has 1 aliphatic rings. The smallest absolute Gasteiger partial charge is 0.0249 e. The van der Waals surface area contributed by atoms with Gasteiger partial charge in [0.1, 0.15) is 0 Å². The molecule has 2 heteroatoms. The molecule has 1 aliphatic heterocycles. The molecule has 1 saturated heterocycles. The normalized spacial score (nSPS) is 18.2. The van der Waals surface area contributed by atoms with Crippen molar-refractivity contribution in [1.82, 2.24) is 5.32 Å². The van der Waals surface area contributed by atoms with E-state index in [0.717, 1.165) is 6.04 Å². The molecule has 1 heterocycles. The Hall–Kier alpha value is 0.310. The number of nitrogens with one attached hydrogen (secondary N) is 1. The minimum absolute atomic E-state index is 0.495. The highest BCUT2D eigenvalue weighted by Crippen LogP contribution is 2.24. The predicted octanol–water partition coefficient (Wildman–Crippen LogP) is 3.30. The Kier molecular flexibility index (Phi) is 5.32. The van der Waals surface area contributed by atoms with Gasteiger partial charge in [-0.1, -0.05) is 40.0 Å². The maximum atomic E-state index is 3.67. The molecule has 0 aliphatic carbocycles. The fourth-order valence-electron chi connectivity index (χ4n) is 1.72. The summed E-state index contributed by atoms with van der Waals surface area (Å²) in [6.07, 6.45) is 5.49. The molecule has 0 unspecified atom stereocenters. The summed E-state index contributed by atoms with van der Waals surface area (Å²) in [4.78, 5) is 0. The van der Waals surface area contributed by atoms with E-state index in [9.17, 15) is 0 Å². The van der Waals surface area contributed by atoms with Gasteiger partial charge in [-0.3, -0.25) is 0 Å². The topological polar surface area (TPSA) is 12.0 Å². The molecular weight excluding hydrogens is 190 g/mol. The first-order valence-electron chi connectivity index (χ1n) is 5.95. The van der Waals surface area contributed by atoms with Crippen molar-refractivity contribution in [3.8, 4) is 0 Å². The van der Waals surface area contributed by atoms with E-state index in [1.54, 1.807) is 0 Å². The van der Waals surface area contributed by atoms with Crippen molar-refractivity contribution in [1.29, 1.82) is 0 Å². The summed E-state index contributed by atoms with van der Waals surface area (Å²) in [7, 11) is 0. The van der Waals surface area contributed by atoms with Crippen molar-refractivity contribution in [3.63, 3.8) is 0 Å². The number of unbranched alkanes of at least 4 members (excludes halogenated alkanes) is 2. The minimum Gasteiger partial charge on any atom is -0.312 e. The number of hydrogen-bond acceptors (Lipinski definition) is 2. The molecular formula is C12H25NS. The molecule has 0 aromatic carbocycles. The van der Waals surface area contributed by atoms with Gasteiger partial charge in [0.05, 0.1) is 0 Å². The molecule has 84 valence electrons. The van der Waals surface area contributed by atoms with Gasteiger partial charge in [-0.05, 0) is 11.8 Å². The van der Waals surface area contributed by atoms with Crippen LogP contribution in [-0.4, -0.2) is 24.1 Å². The highest BCUT2D eigenvalue weighted by molar-refractivity contribution is 8.00. The van der Waals surface area contributed by atoms with Crippen LogP contribution in [0, 0.1) is 5.41 Å². The van der Waals surface area contributed by atoms with Gasteiger partial charge >= 0.3 is 0 Å². The Bertz CT molecular complexity index is 152. The Morgan fingerprint density at radius 1 is 1.29 bits per heavy atom. The first-order valence-corrected chi connectivity index (χ1v) is 7.10. The first-order chi connectivity index (χ1) is 6.64. The van der Waals surface area contributed by atoms with Crippen LogP contribution in [0.15, 0.2) is 0 Å². The SMILES string of the molecule is CCCCCC(C)(C)CNC1CSC1. The van der Waals surface area contributed by atoms with Crippen LogP contribution in [0.4, 0.5) is 0 Å². The Morgan fingerprint density at radius 2 is 2.00 bits per heavy atom. The van der Waals surface area contributed by atoms with Crippen LogP contribution in [0.1, 0.15) is 46.5 Å². The molecule has 1 N–H and O–H groups in total. The summed E-state index contributed by atoms with van der Waals surface area (Å²) in [5.74, 6) is 2.65. The average Bonchev–Trinajstić information content (AvgIpc) is 2.01. The van der Waals surface area contributed by atoms with Crippen molar-refractivity contribution in [3.05, 3.63) is 0 Å². The van der Waals surface area contributed by atoms with Crippen LogP contribution in [0.3, 0.4) is 0 Å². The molecule has 0 saturated carbocycles. The van der Waals surface area contributed by atoms with Crippen molar-refractivity contribution in [2.45, 2.75) is 52.5 Å². The van der Waals surface area contributed by atoms with E-state index in [-0.39, 0.29) is 0 Å². The van der Waals surface area contributed by atoms with Crippen molar-refractivity contribution >= 4 is 11.8 Å². The lowest BCUT2D eigenvalue weighted by atomic mass is 9.86. The van der Waals surface area contributed by atoms with Gasteiger partial charge in [0.15, 0.2) is 0 Å². The van der Waals surface area contributed by atoms with E-state index in [2.05, 4.69) is 37.8 Å². The molecule has 0 atom stereocenters. The zero-order valence-corrected chi connectivity index (χ0v) is 10.8. The molecule has 1 nitrogen and oxygen atoms in total. The fourth-order valence-corrected chi connectivity index (χ4v) is 2.42. The summed E-state index contributed by atoms with van der Waals surface area (Å²) in [5.41, 5.74) is 0.495. The van der Waals surface area contributed by atoms with Gasteiger partial charge in [-0.15, -0.1) is 0 Å². The second-order valence-electron chi connectivity index (χ2n) is 5.24. The van der Waals surface area contributed by atoms with Crippen LogP contribution < -0.4 is 5.32 Å². The number of rotatable bonds is 7. The van der Waals surface area contributed by atoms with Crippen molar-refractivity contribution in [2.75, 3.05) is 18.1 Å². The van der Waals surface area contributed by atoms with Crippen molar-refractivity contribution < 1.29 is 0 Å². The van der Waals surface area contributed by atoms with Crippen molar-refractivity contribution in [2.24, 2.45) is 5.41 Å². The van der Waals surface area contributed by atoms with Crippen LogP contribution in [-0.2, 0) is 0 Å². The van der Waals surface area contributed by atoms with E-state index in [4.69, 9.17) is 0 Å². The molecule has 14 heavy (non-hydrogen) atoms. The first kappa shape index (κ1) is 12.4. The van der Waals surface area contributed by atoms with Crippen LogP contribution in [0.25, 0.3) is 0 Å². The number of hydrogen-bond donors (Lipinski definition) is 1. The summed E-state index contributed by atoms with van der Waals surface area (Å²) in [5, 5.41) is 3.67. The van der Waals surface area contributed by atoms with Crippen LogP contribution >= 0.6 is 11.8 Å². The third-order valence-electron chi connectivity index (χ3n) is 2.96. The second kappa shape index (κ2) is 6.02. The fraction of sp³-hybridized carbons (Fsp3) is 1.00. The maximum Gasteiger partial charge on any atom is 0.0249 e. The maximum absolute atomic E-state index is 3.67. The minimum atomic E-state index is 0.495. The van der Waals surface area contributed by atoms with E-state index >= 15 is 0 Å². The van der Waals surface area contributed by atoms with Gasteiger partial charge in [0.2, 0.25) is 0 Å². The molecule has 0 amide bonds. The molecule has 0 aromatic rings. The summed E-state index contributed by atoms with van der Waals surface area (Å²) in [6.45, 7) is 8.25. The summed E-state index contributed by atoms with van der Waals surface area (Å²) in [6, 6.07) is 0.811. The van der Waals surface area contributed by atoms with E-state index in [1.165, 1.54) is 43.7 Å². The lowest BCUT2D eigenvalue weighted by molar-refractivity contribution is 0.293. The number of thioether (sulfide) groups is 1. The molecule has 0 radical (unpaired) electrons. The monoisotopic (exact) mass is 215 g/mol. The standard InChI is InChI=1S/C12H25NS/c1-4-5-6-7-12(2,3)10-13-11-8-14-9-11/h11,13H,4-10H2,1-3H3. The molecule has 0 spiro atoms. The summed E-state index contributed by atoms with van der Waals surface area (Å²) < 4.78 is 0. The molecule has 0 aromatic heterocycles. The highest BCUT2D eigenvalue weighted by atomic mass is 32.2. The van der Waals surface area contributed by atoms with Crippen LogP contribution in [0.5, 0.6) is 0 Å². The second-order valence-corrected chi connectivity index (χ2v) is 6.31. The van der Waals surface area contributed by atoms with Gasteiger partial charge < -0.3 is 5.32 Å². The van der Waals surface area contributed by atoms with E-state index < -0.39 is 0 Å². The Labute approximate surface area is 93.4 Å². The molecule has 1 fully saturated rings. The summed E-state index contributed by atoms with van der Waals surface area (Å²) >= 11 is 2.05. The Balaban J connectivity index is 2.05. The van der Waals surface area contributed by atoms with Crippen LogP contribution in [0.2, 0.25) is 0 Å². The molecule has 0 bridgehead atoms. The third-order valence-corrected chi connectivity index (χ3v) is 4.24. The lowest BCUT2D eigenvalue weighted by Crippen LogP contribution is -2.44. The van der Waals surface area contributed by atoms with Gasteiger partial charge in [-0.25, -0.2) is 0 Å². The quantitative estimate of drug-likeness (QED) is 0.654. The zero-order valence-electron chi connectivity index (χ0n) is 9.94. The zero-order chi connectivity index (χ0) is 10.4. The predicted molar refractivity (Wildman–Crippen MR) is 67.0 cm³/mol. The van der Waals surface area contributed by atoms with Gasteiger partial charge in [-0.2, -0.15) is 11.8 Å². The van der Waals surface area contributed by atoms with E-state index in [0.29, 0.717) is 5.41 Å². The third kappa shape index (κ3) is 4.70. The Morgan fingerprint density at radius 3 is 2.50 bits per heavy atom. The molecule has 1 rings (SSSR count). The highest BCUT2D eigenvalue weighted by Gasteiger charge is 2.22.